The molecule has 0 aliphatic carbocycles. The number of azide groups is 1. The highest BCUT2D eigenvalue weighted by Crippen LogP contribution is 2.14. The van der Waals surface area contributed by atoms with Gasteiger partial charge in [-0.2, -0.15) is 0 Å². The third-order valence-electron chi connectivity index (χ3n) is 2.39. The van der Waals surface area contributed by atoms with Crippen LogP contribution in [-0.2, 0) is 0 Å². The summed E-state index contributed by atoms with van der Waals surface area (Å²) < 4.78 is 0. The molecule has 0 saturated heterocycles. The summed E-state index contributed by atoms with van der Waals surface area (Å²) in [6.45, 7) is 1.08. The zero-order valence-corrected chi connectivity index (χ0v) is 11.1. The van der Waals surface area contributed by atoms with Crippen molar-refractivity contribution in [2.45, 2.75) is 17.7 Å². The molecular weight excluding hydrogens is 248 g/mol. The minimum Gasteiger partial charge on any atom is -0.352 e. The van der Waals surface area contributed by atoms with Crippen molar-refractivity contribution in [3.63, 3.8) is 0 Å². The number of nitrogens with one attached hydrogen (secondary N) is 1. The molecule has 0 aliphatic rings. The molecule has 0 radical (unpaired) electrons. The van der Waals surface area contributed by atoms with E-state index in [0.29, 0.717) is 18.7 Å². The Balaban J connectivity index is 2.29. The maximum Gasteiger partial charge on any atom is 0.251 e. The molecule has 0 saturated carbocycles. The van der Waals surface area contributed by atoms with Crippen LogP contribution in [0.15, 0.2) is 34.3 Å². The molecule has 0 aromatic heterocycles. The van der Waals surface area contributed by atoms with E-state index >= 15 is 0 Å². The van der Waals surface area contributed by atoms with Crippen molar-refractivity contribution in [3.05, 3.63) is 40.3 Å². The number of hydrogen-bond donors (Lipinski definition) is 1. The fourth-order valence-corrected chi connectivity index (χ4v) is 1.81. The van der Waals surface area contributed by atoms with E-state index in [1.54, 1.807) is 11.8 Å². The summed E-state index contributed by atoms with van der Waals surface area (Å²) in [6.07, 6.45) is 3.60. The normalized spacial score (nSPS) is 9.61. The second-order valence-electron chi connectivity index (χ2n) is 3.65. The monoisotopic (exact) mass is 264 g/mol. The topological polar surface area (TPSA) is 77.9 Å². The van der Waals surface area contributed by atoms with E-state index in [4.69, 9.17) is 5.53 Å². The van der Waals surface area contributed by atoms with Crippen molar-refractivity contribution >= 4 is 17.7 Å². The Bertz CT molecular complexity index is 426. The third-order valence-corrected chi connectivity index (χ3v) is 3.13. The van der Waals surface area contributed by atoms with Crippen LogP contribution >= 0.6 is 11.8 Å². The molecule has 0 heterocycles. The average molecular weight is 264 g/mol. The first-order valence-electron chi connectivity index (χ1n) is 5.71. The minimum atomic E-state index is -0.0635. The molecule has 1 amide bonds. The summed E-state index contributed by atoms with van der Waals surface area (Å²) in [7, 11) is 0. The van der Waals surface area contributed by atoms with E-state index in [-0.39, 0.29) is 5.91 Å². The van der Waals surface area contributed by atoms with E-state index < -0.39 is 0 Å². The molecule has 0 atom stereocenters. The first kappa shape index (κ1) is 14.4. The Morgan fingerprint density at radius 2 is 2.11 bits per heavy atom. The van der Waals surface area contributed by atoms with Crippen LogP contribution in [-0.4, -0.2) is 25.3 Å². The Hall–Kier alpha value is -1.65. The van der Waals surface area contributed by atoms with Crippen molar-refractivity contribution in [1.29, 1.82) is 0 Å². The van der Waals surface area contributed by atoms with Crippen molar-refractivity contribution in [1.82, 2.24) is 5.32 Å². The predicted molar refractivity (Wildman–Crippen MR) is 73.8 cm³/mol. The van der Waals surface area contributed by atoms with E-state index in [1.165, 1.54) is 0 Å². The predicted octanol–water partition coefficient (Wildman–Crippen LogP) is 3.23. The largest absolute Gasteiger partial charge is 0.352 e. The fourth-order valence-electron chi connectivity index (χ4n) is 1.40. The van der Waals surface area contributed by atoms with E-state index in [0.717, 1.165) is 17.7 Å². The number of rotatable bonds is 7. The summed E-state index contributed by atoms with van der Waals surface area (Å²) in [5.74, 6) is -0.0635. The second kappa shape index (κ2) is 8.44. The maximum absolute atomic E-state index is 11.7. The number of benzene rings is 1. The lowest BCUT2D eigenvalue weighted by atomic mass is 10.2. The fraction of sp³-hybridized carbons (Fsp3) is 0.417. The van der Waals surface area contributed by atoms with Crippen molar-refractivity contribution in [2.75, 3.05) is 19.3 Å². The lowest BCUT2D eigenvalue weighted by Crippen LogP contribution is -2.24. The molecule has 0 bridgehead atoms. The molecule has 1 aromatic carbocycles. The Morgan fingerprint density at radius 3 is 2.72 bits per heavy atom. The number of carbonyl (C=O) groups excluding carboxylic acids is 1. The van der Waals surface area contributed by atoms with Crippen LogP contribution in [0.5, 0.6) is 0 Å². The van der Waals surface area contributed by atoms with Gasteiger partial charge < -0.3 is 5.32 Å². The summed E-state index contributed by atoms with van der Waals surface area (Å²) in [6, 6.07) is 7.50. The Kier molecular flexibility index (Phi) is 6.76. The zero-order chi connectivity index (χ0) is 13.2. The highest BCUT2D eigenvalue weighted by molar-refractivity contribution is 7.98. The summed E-state index contributed by atoms with van der Waals surface area (Å²) in [4.78, 5) is 15.5. The van der Waals surface area contributed by atoms with Gasteiger partial charge in [-0.25, -0.2) is 0 Å². The van der Waals surface area contributed by atoms with Crippen LogP contribution in [0.1, 0.15) is 23.2 Å². The van der Waals surface area contributed by atoms with Crippen LogP contribution in [0.4, 0.5) is 0 Å². The van der Waals surface area contributed by atoms with Gasteiger partial charge in [0.15, 0.2) is 0 Å². The van der Waals surface area contributed by atoms with Crippen LogP contribution in [0.3, 0.4) is 0 Å². The molecular formula is C12H16N4OS. The molecule has 1 aromatic rings. The molecule has 1 N–H and O–H groups in total. The van der Waals surface area contributed by atoms with E-state index in [9.17, 15) is 4.79 Å². The van der Waals surface area contributed by atoms with Gasteiger partial charge in [-0.15, -0.1) is 11.8 Å². The van der Waals surface area contributed by atoms with E-state index in [1.807, 2.05) is 30.5 Å². The number of nitrogens with zero attached hydrogens (tertiary/aromatic N) is 3. The number of amides is 1. The molecule has 96 valence electrons. The average Bonchev–Trinajstić information content (AvgIpc) is 2.42. The summed E-state index contributed by atoms with van der Waals surface area (Å²) >= 11 is 1.65. The van der Waals surface area contributed by atoms with Crippen molar-refractivity contribution in [3.8, 4) is 0 Å². The summed E-state index contributed by atoms with van der Waals surface area (Å²) in [5.41, 5.74) is 8.76. The zero-order valence-electron chi connectivity index (χ0n) is 10.3. The number of unbranched alkanes of at least 4 members (excludes halogenated alkanes) is 1. The van der Waals surface area contributed by atoms with Gasteiger partial charge in [-0.3, -0.25) is 4.79 Å². The Labute approximate surface area is 111 Å². The van der Waals surface area contributed by atoms with Gasteiger partial charge in [0.25, 0.3) is 5.91 Å². The van der Waals surface area contributed by atoms with Crippen LogP contribution in [0, 0.1) is 0 Å². The highest BCUT2D eigenvalue weighted by atomic mass is 32.2. The summed E-state index contributed by atoms with van der Waals surface area (Å²) in [5, 5.41) is 6.26. The van der Waals surface area contributed by atoms with Crippen LogP contribution in [0.25, 0.3) is 10.4 Å². The lowest BCUT2D eigenvalue weighted by Gasteiger charge is -2.05. The van der Waals surface area contributed by atoms with Gasteiger partial charge in [0.1, 0.15) is 0 Å². The SMILES string of the molecule is CSc1ccc(C(=O)NCCCCN=[N+]=[N-])cc1. The van der Waals surface area contributed by atoms with Crippen molar-refractivity contribution < 1.29 is 4.79 Å². The maximum atomic E-state index is 11.7. The smallest absolute Gasteiger partial charge is 0.251 e. The highest BCUT2D eigenvalue weighted by Gasteiger charge is 2.03. The molecule has 0 unspecified atom stereocenters. The third kappa shape index (κ3) is 5.12. The molecule has 0 fully saturated rings. The van der Waals surface area contributed by atoms with Gasteiger partial charge in [-0.05, 0) is 48.9 Å². The first-order valence-corrected chi connectivity index (χ1v) is 6.93. The molecule has 1 rings (SSSR count). The number of carbonyl (C=O) groups is 1. The molecule has 0 spiro atoms. The quantitative estimate of drug-likeness (QED) is 0.270. The second-order valence-corrected chi connectivity index (χ2v) is 4.53. The van der Waals surface area contributed by atoms with Gasteiger partial charge >= 0.3 is 0 Å². The number of hydrogen-bond acceptors (Lipinski definition) is 3. The molecule has 0 aliphatic heterocycles. The minimum absolute atomic E-state index is 0.0635. The van der Waals surface area contributed by atoms with Crippen LogP contribution in [0.2, 0.25) is 0 Å². The van der Waals surface area contributed by atoms with Gasteiger partial charge in [0, 0.05) is 28.5 Å². The number of thioether (sulfide) groups is 1. The molecule has 5 nitrogen and oxygen atoms in total. The standard InChI is InChI=1S/C12H16N4OS/c1-18-11-6-4-10(5-7-11)12(17)14-8-2-3-9-15-16-13/h4-7H,2-3,8-9H2,1H3,(H,14,17). The molecule has 18 heavy (non-hydrogen) atoms. The first-order chi connectivity index (χ1) is 8.77. The van der Waals surface area contributed by atoms with Gasteiger partial charge in [0.2, 0.25) is 0 Å². The Morgan fingerprint density at radius 1 is 1.39 bits per heavy atom. The van der Waals surface area contributed by atoms with Gasteiger partial charge in [-0.1, -0.05) is 5.11 Å². The molecule has 6 heteroatoms. The lowest BCUT2D eigenvalue weighted by molar-refractivity contribution is 0.0953. The van der Waals surface area contributed by atoms with Crippen molar-refractivity contribution in [2.24, 2.45) is 5.11 Å². The van der Waals surface area contributed by atoms with Gasteiger partial charge in [0.05, 0.1) is 0 Å². The van der Waals surface area contributed by atoms with E-state index in [2.05, 4.69) is 15.3 Å². The van der Waals surface area contributed by atoms with Crippen LogP contribution < -0.4 is 5.32 Å².